The fourth-order valence-electron chi connectivity index (χ4n) is 3.16. The minimum Gasteiger partial charge on any atom is -0.466 e. The maximum atomic E-state index is 12.7. The van der Waals surface area contributed by atoms with Gasteiger partial charge in [-0.05, 0) is 44.9 Å². The van der Waals surface area contributed by atoms with Crippen molar-refractivity contribution < 1.29 is 32.3 Å². The van der Waals surface area contributed by atoms with Gasteiger partial charge in [0.15, 0.2) is 6.10 Å². The van der Waals surface area contributed by atoms with E-state index in [1.807, 2.05) is 0 Å². The molecule has 1 heterocycles. The number of amides is 1. The summed E-state index contributed by atoms with van der Waals surface area (Å²) in [5.41, 5.74) is -0.148. The number of sulfonamides is 1. The molecule has 0 N–H and O–H groups in total. The van der Waals surface area contributed by atoms with Crippen LogP contribution in [0.5, 0.6) is 0 Å². The molecule has 1 saturated heterocycles. The number of likely N-dealkylation sites (tertiary alicyclic amines) is 1. The molecule has 0 unspecified atom stereocenters. The number of carbonyl (C=O) groups excluding carboxylic acids is 3. The van der Waals surface area contributed by atoms with Crippen LogP contribution in [0.25, 0.3) is 0 Å². The number of piperidine rings is 1. The Bertz CT molecular complexity index is 941. The second-order valence-corrected chi connectivity index (χ2v) is 9.89. The van der Waals surface area contributed by atoms with Crippen LogP contribution in [0.2, 0.25) is 5.02 Å². The largest absolute Gasteiger partial charge is 0.466 e. The van der Waals surface area contributed by atoms with E-state index in [1.54, 1.807) is 6.92 Å². The summed E-state index contributed by atoms with van der Waals surface area (Å²) in [5.74, 6) is -1.81. The van der Waals surface area contributed by atoms with Crippen molar-refractivity contribution in [1.82, 2.24) is 9.21 Å². The molecule has 1 aliphatic heterocycles. The van der Waals surface area contributed by atoms with Crippen LogP contribution in [0.4, 0.5) is 0 Å². The number of rotatable bonds is 7. The molecular weight excluding hydrogens is 448 g/mol. The lowest BCUT2D eigenvalue weighted by Crippen LogP contribution is -2.45. The molecular formula is C20H27ClN2O7S. The van der Waals surface area contributed by atoms with E-state index in [-0.39, 0.29) is 27.4 Å². The lowest BCUT2D eigenvalue weighted by Gasteiger charge is -2.32. The monoisotopic (exact) mass is 474 g/mol. The quantitative estimate of drug-likeness (QED) is 0.555. The second kappa shape index (κ2) is 10.4. The van der Waals surface area contributed by atoms with Gasteiger partial charge in [0.25, 0.3) is 5.91 Å². The number of hydrogen-bond acceptors (Lipinski definition) is 7. The molecule has 31 heavy (non-hydrogen) atoms. The van der Waals surface area contributed by atoms with E-state index in [2.05, 4.69) is 0 Å². The average molecular weight is 475 g/mol. The minimum atomic E-state index is -3.77. The lowest BCUT2D eigenvalue weighted by atomic mass is 9.97. The third-order valence-corrected chi connectivity index (χ3v) is 7.14. The smallest absolute Gasteiger partial charge is 0.340 e. The fraction of sp³-hybridized carbons (Fsp3) is 0.550. The minimum absolute atomic E-state index is 0.0117. The van der Waals surface area contributed by atoms with Gasteiger partial charge >= 0.3 is 11.9 Å². The van der Waals surface area contributed by atoms with E-state index in [9.17, 15) is 22.8 Å². The van der Waals surface area contributed by atoms with Crippen molar-refractivity contribution in [2.24, 2.45) is 5.92 Å². The van der Waals surface area contributed by atoms with E-state index < -0.39 is 28.0 Å². The summed E-state index contributed by atoms with van der Waals surface area (Å²) in [7, 11) is -1.04. The Kier molecular flexibility index (Phi) is 8.44. The van der Waals surface area contributed by atoms with Gasteiger partial charge in [-0.15, -0.1) is 0 Å². The Morgan fingerprint density at radius 1 is 1.23 bits per heavy atom. The van der Waals surface area contributed by atoms with Crippen molar-refractivity contribution in [3.05, 3.63) is 28.8 Å². The standard InChI is InChI=1S/C20H27ClN2O7S/c1-5-29-19(25)14-8-10-23(11-9-14)18(24)13(2)30-20(26)16-12-15(6-7-17(16)21)31(27,28)22(3)4/h6-7,12-14H,5,8-11H2,1-4H3/t13-/m0/s1. The van der Waals surface area contributed by atoms with Crippen LogP contribution in [0.1, 0.15) is 37.0 Å². The topological polar surface area (TPSA) is 110 Å². The van der Waals surface area contributed by atoms with Crippen LogP contribution < -0.4 is 0 Å². The third-order valence-electron chi connectivity index (χ3n) is 4.99. The lowest BCUT2D eigenvalue weighted by molar-refractivity contribution is -0.152. The van der Waals surface area contributed by atoms with Crippen molar-refractivity contribution in [2.75, 3.05) is 33.8 Å². The molecule has 2 rings (SSSR count). The number of nitrogens with zero attached hydrogens (tertiary/aromatic N) is 2. The summed E-state index contributed by atoms with van der Waals surface area (Å²) in [6.45, 7) is 4.18. The summed E-state index contributed by atoms with van der Waals surface area (Å²) in [5, 5.41) is 0.0117. The van der Waals surface area contributed by atoms with Crippen LogP contribution in [-0.4, -0.2) is 75.4 Å². The van der Waals surface area contributed by atoms with Gasteiger partial charge < -0.3 is 14.4 Å². The number of hydrogen-bond donors (Lipinski definition) is 0. The van der Waals surface area contributed by atoms with Gasteiger partial charge in [-0.2, -0.15) is 0 Å². The Morgan fingerprint density at radius 2 is 1.84 bits per heavy atom. The van der Waals surface area contributed by atoms with Gasteiger partial charge in [-0.3, -0.25) is 9.59 Å². The molecule has 172 valence electrons. The van der Waals surface area contributed by atoms with Crippen molar-refractivity contribution in [3.8, 4) is 0 Å². The van der Waals surface area contributed by atoms with Gasteiger partial charge in [0.2, 0.25) is 10.0 Å². The number of benzene rings is 1. The highest BCUT2D eigenvalue weighted by atomic mass is 35.5. The number of esters is 2. The highest BCUT2D eigenvalue weighted by Crippen LogP contribution is 2.24. The zero-order valence-corrected chi connectivity index (χ0v) is 19.5. The van der Waals surface area contributed by atoms with Crippen molar-refractivity contribution >= 4 is 39.5 Å². The zero-order chi connectivity index (χ0) is 23.3. The van der Waals surface area contributed by atoms with Crippen LogP contribution in [-0.2, 0) is 29.1 Å². The summed E-state index contributed by atoms with van der Waals surface area (Å²) < 4.78 is 35.9. The first kappa shape index (κ1) is 25.1. The summed E-state index contributed by atoms with van der Waals surface area (Å²) in [6.07, 6.45) is -0.153. The molecule has 1 aromatic rings. The molecule has 9 nitrogen and oxygen atoms in total. The SMILES string of the molecule is CCOC(=O)C1CCN(C(=O)[C@H](C)OC(=O)c2cc(S(=O)(=O)N(C)C)ccc2Cl)CC1. The van der Waals surface area contributed by atoms with Crippen LogP contribution >= 0.6 is 11.6 Å². The van der Waals surface area contributed by atoms with E-state index in [0.29, 0.717) is 32.5 Å². The third kappa shape index (κ3) is 5.96. The molecule has 1 aromatic carbocycles. The molecule has 0 saturated carbocycles. The fourth-order valence-corrected chi connectivity index (χ4v) is 4.28. The van der Waals surface area contributed by atoms with Gasteiger partial charge in [0.05, 0.1) is 28.0 Å². The molecule has 0 aromatic heterocycles. The first-order valence-electron chi connectivity index (χ1n) is 9.87. The Balaban J connectivity index is 2.04. The molecule has 1 fully saturated rings. The van der Waals surface area contributed by atoms with E-state index in [4.69, 9.17) is 21.1 Å². The first-order chi connectivity index (χ1) is 14.5. The summed E-state index contributed by atoms with van der Waals surface area (Å²) in [6, 6.07) is 3.71. The normalized spacial score (nSPS) is 16.1. The molecule has 11 heteroatoms. The molecule has 0 spiro atoms. The molecule has 0 radical (unpaired) electrons. The number of halogens is 1. The first-order valence-corrected chi connectivity index (χ1v) is 11.7. The number of carbonyl (C=O) groups is 3. The van der Waals surface area contributed by atoms with Gasteiger partial charge in [0.1, 0.15) is 0 Å². The highest BCUT2D eigenvalue weighted by molar-refractivity contribution is 7.89. The predicted octanol–water partition coefficient (Wildman–Crippen LogP) is 1.94. The second-order valence-electron chi connectivity index (χ2n) is 7.33. The zero-order valence-electron chi connectivity index (χ0n) is 18.0. The number of ether oxygens (including phenoxy) is 2. The maximum absolute atomic E-state index is 12.7. The van der Waals surface area contributed by atoms with Crippen LogP contribution in [0.15, 0.2) is 23.1 Å². The van der Waals surface area contributed by atoms with Gasteiger partial charge in [-0.25, -0.2) is 17.5 Å². The van der Waals surface area contributed by atoms with Crippen molar-refractivity contribution in [3.63, 3.8) is 0 Å². The maximum Gasteiger partial charge on any atom is 0.340 e. The van der Waals surface area contributed by atoms with E-state index in [0.717, 1.165) is 10.4 Å². The summed E-state index contributed by atoms with van der Waals surface area (Å²) in [4.78, 5) is 38.5. The van der Waals surface area contributed by atoms with Gasteiger partial charge in [0, 0.05) is 27.2 Å². The van der Waals surface area contributed by atoms with Crippen molar-refractivity contribution in [1.29, 1.82) is 0 Å². The Morgan fingerprint density at radius 3 is 2.39 bits per heavy atom. The molecule has 1 atom stereocenters. The summed E-state index contributed by atoms with van der Waals surface area (Å²) >= 11 is 6.06. The molecule has 0 aliphatic carbocycles. The Labute approximate surface area is 187 Å². The molecule has 1 amide bonds. The molecule has 1 aliphatic rings. The van der Waals surface area contributed by atoms with Crippen molar-refractivity contribution in [2.45, 2.75) is 37.7 Å². The predicted molar refractivity (Wildman–Crippen MR) is 113 cm³/mol. The Hall–Kier alpha value is -2.17. The highest BCUT2D eigenvalue weighted by Gasteiger charge is 2.32. The van der Waals surface area contributed by atoms with E-state index in [1.165, 1.54) is 38.1 Å². The van der Waals surface area contributed by atoms with Crippen LogP contribution in [0, 0.1) is 5.92 Å². The van der Waals surface area contributed by atoms with E-state index >= 15 is 0 Å². The van der Waals surface area contributed by atoms with Gasteiger partial charge in [-0.1, -0.05) is 11.6 Å². The van der Waals surface area contributed by atoms with Crippen LogP contribution in [0.3, 0.4) is 0 Å². The molecule has 0 bridgehead atoms. The average Bonchev–Trinajstić information content (AvgIpc) is 2.73.